The second-order valence-corrected chi connectivity index (χ2v) is 8.99. The summed E-state index contributed by atoms with van der Waals surface area (Å²) in [4.78, 5) is 0. The number of fused-ring (bicyclic) bond motifs is 1. The third-order valence-electron chi connectivity index (χ3n) is 4.55. The summed E-state index contributed by atoms with van der Waals surface area (Å²) < 4.78 is 33.6. The lowest BCUT2D eigenvalue weighted by Crippen LogP contribution is -2.38. The van der Waals surface area contributed by atoms with E-state index in [0.717, 1.165) is 42.6 Å². The average molecular weight is 353 g/mol. The molecule has 1 fully saturated rings. The summed E-state index contributed by atoms with van der Waals surface area (Å²) in [6.07, 6.45) is 3.53. The lowest BCUT2D eigenvalue weighted by molar-refractivity contribution is 0.108. The van der Waals surface area contributed by atoms with Crippen LogP contribution in [0.1, 0.15) is 42.3 Å². The van der Waals surface area contributed by atoms with Gasteiger partial charge in [0.25, 0.3) is 10.0 Å². The van der Waals surface area contributed by atoms with Gasteiger partial charge in [-0.3, -0.25) is 5.10 Å². The number of thiophene rings is 1. The predicted molar refractivity (Wildman–Crippen MR) is 86.8 cm³/mol. The van der Waals surface area contributed by atoms with E-state index in [2.05, 4.69) is 10.2 Å². The summed E-state index contributed by atoms with van der Waals surface area (Å²) in [7, 11) is -3.46. The van der Waals surface area contributed by atoms with Crippen LogP contribution in [0.4, 0.5) is 0 Å². The van der Waals surface area contributed by atoms with E-state index in [4.69, 9.17) is 4.74 Å². The first-order valence-electron chi connectivity index (χ1n) is 7.87. The highest BCUT2D eigenvalue weighted by molar-refractivity contribution is 7.91. The predicted octanol–water partition coefficient (Wildman–Crippen LogP) is 2.46. The summed E-state index contributed by atoms with van der Waals surface area (Å²) >= 11 is 1.27. The van der Waals surface area contributed by atoms with Crippen LogP contribution in [0.5, 0.6) is 0 Å². The number of aromatic nitrogens is 2. The van der Waals surface area contributed by atoms with Crippen LogP contribution in [0.3, 0.4) is 0 Å². The Morgan fingerprint density at radius 2 is 2.30 bits per heavy atom. The Hall–Kier alpha value is -1.22. The van der Waals surface area contributed by atoms with Crippen LogP contribution in [0.2, 0.25) is 0 Å². The van der Waals surface area contributed by atoms with E-state index < -0.39 is 10.0 Å². The molecule has 124 valence electrons. The molecule has 0 amide bonds. The number of ether oxygens (including phenoxy) is 1. The van der Waals surface area contributed by atoms with Gasteiger partial charge >= 0.3 is 0 Å². The molecule has 0 spiro atoms. The first-order chi connectivity index (χ1) is 11.2. The zero-order valence-electron chi connectivity index (χ0n) is 12.7. The molecular formula is C15H19N3O3S2. The van der Waals surface area contributed by atoms with Gasteiger partial charge in [-0.05, 0) is 24.3 Å². The highest BCUT2D eigenvalue weighted by Crippen LogP contribution is 2.38. The number of piperidine rings is 1. The molecule has 0 aromatic carbocycles. The van der Waals surface area contributed by atoms with Gasteiger partial charge in [-0.25, -0.2) is 8.42 Å². The molecule has 6 nitrogen and oxygen atoms in total. The number of H-pyrrole nitrogens is 1. The largest absolute Gasteiger partial charge is 0.376 e. The maximum Gasteiger partial charge on any atom is 0.253 e. The van der Waals surface area contributed by atoms with Crippen LogP contribution in [-0.2, 0) is 27.8 Å². The topological polar surface area (TPSA) is 75.3 Å². The van der Waals surface area contributed by atoms with Gasteiger partial charge in [-0.15, -0.1) is 11.3 Å². The van der Waals surface area contributed by atoms with Crippen molar-refractivity contribution in [3.63, 3.8) is 0 Å². The zero-order chi connectivity index (χ0) is 15.9. The van der Waals surface area contributed by atoms with Crippen LogP contribution in [0.15, 0.2) is 21.7 Å². The van der Waals surface area contributed by atoms with Crippen molar-refractivity contribution in [1.82, 2.24) is 14.5 Å². The minimum absolute atomic E-state index is 0.197. The summed E-state index contributed by atoms with van der Waals surface area (Å²) in [6, 6.07) is 3.26. The van der Waals surface area contributed by atoms with E-state index >= 15 is 0 Å². The molecule has 2 aromatic heterocycles. The Bertz CT molecular complexity index is 783. The fourth-order valence-corrected chi connectivity index (χ4v) is 6.18. The van der Waals surface area contributed by atoms with Gasteiger partial charge in [-0.2, -0.15) is 9.40 Å². The molecule has 8 heteroatoms. The Kier molecular flexibility index (Phi) is 4.00. The Morgan fingerprint density at radius 3 is 3.13 bits per heavy atom. The summed E-state index contributed by atoms with van der Waals surface area (Å²) in [5, 5.41) is 9.34. The standard InChI is InChI=1S/C15H19N3O3S2/c19-23(20,14-5-3-9-22-14)18-7-2-1-4-13(18)15-11-10-21-8-6-12(11)16-17-15/h3,5,9,13H,1-2,4,6-8,10H2,(H,16,17). The molecule has 4 rings (SSSR count). The van der Waals surface area contributed by atoms with Crippen LogP contribution in [0, 0.1) is 0 Å². The second-order valence-electron chi connectivity index (χ2n) is 5.93. The SMILES string of the molecule is O=S(=O)(c1cccs1)N1CCCCC1c1n[nH]c2c1COCC2. The molecule has 4 heterocycles. The molecule has 0 radical (unpaired) electrons. The van der Waals surface area contributed by atoms with Gasteiger partial charge in [0.1, 0.15) is 4.21 Å². The Labute approximate surface area is 139 Å². The maximum absolute atomic E-state index is 13.0. The van der Waals surface area contributed by atoms with Gasteiger partial charge < -0.3 is 4.74 Å². The normalized spacial score (nSPS) is 22.9. The fraction of sp³-hybridized carbons (Fsp3) is 0.533. The lowest BCUT2D eigenvalue weighted by atomic mass is 9.97. The number of hydrogen-bond donors (Lipinski definition) is 1. The smallest absolute Gasteiger partial charge is 0.253 e. The molecule has 2 aromatic rings. The first kappa shape index (κ1) is 15.3. The quantitative estimate of drug-likeness (QED) is 0.920. The van der Waals surface area contributed by atoms with Crippen molar-refractivity contribution in [1.29, 1.82) is 0 Å². The monoisotopic (exact) mass is 353 g/mol. The highest BCUT2D eigenvalue weighted by Gasteiger charge is 2.38. The van der Waals surface area contributed by atoms with E-state index in [0.29, 0.717) is 24.0 Å². The minimum Gasteiger partial charge on any atom is -0.376 e. The van der Waals surface area contributed by atoms with Gasteiger partial charge in [0.15, 0.2) is 0 Å². The zero-order valence-corrected chi connectivity index (χ0v) is 14.3. The third kappa shape index (κ3) is 2.63. The van der Waals surface area contributed by atoms with E-state index in [1.165, 1.54) is 11.3 Å². The lowest BCUT2D eigenvalue weighted by Gasteiger charge is -2.34. The van der Waals surface area contributed by atoms with Crippen molar-refractivity contribution in [3.8, 4) is 0 Å². The number of aromatic amines is 1. The van der Waals surface area contributed by atoms with Crippen LogP contribution in [-0.4, -0.2) is 36.1 Å². The van der Waals surface area contributed by atoms with Gasteiger partial charge in [0.05, 0.1) is 24.9 Å². The van der Waals surface area contributed by atoms with Crippen LogP contribution >= 0.6 is 11.3 Å². The van der Waals surface area contributed by atoms with Gasteiger partial charge in [-0.1, -0.05) is 12.5 Å². The number of nitrogens with one attached hydrogen (secondary N) is 1. The third-order valence-corrected chi connectivity index (χ3v) is 7.84. The fourth-order valence-electron chi connectivity index (χ4n) is 3.40. The van der Waals surface area contributed by atoms with Gasteiger partial charge in [0.2, 0.25) is 0 Å². The molecule has 1 atom stereocenters. The Balaban J connectivity index is 1.73. The number of sulfonamides is 1. The molecule has 23 heavy (non-hydrogen) atoms. The van der Waals surface area contributed by atoms with Crippen LogP contribution < -0.4 is 0 Å². The van der Waals surface area contributed by atoms with Crippen molar-refractivity contribution in [2.24, 2.45) is 0 Å². The van der Waals surface area contributed by atoms with Crippen molar-refractivity contribution in [2.45, 2.75) is 42.5 Å². The van der Waals surface area contributed by atoms with E-state index in [1.54, 1.807) is 21.8 Å². The molecule has 0 aliphatic carbocycles. The number of rotatable bonds is 3. The molecule has 1 N–H and O–H groups in total. The van der Waals surface area contributed by atoms with Crippen molar-refractivity contribution < 1.29 is 13.2 Å². The molecule has 2 aliphatic rings. The molecule has 2 aliphatic heterocycles. The number of hydrogen-bond acceptors (Lipinski definition) is 5. The summed E-state index contributed by atoms with van der Waals surface area (Å²) in [5.41, 5.74) is 2.99. The molecule has 0 saturated carbocycles. The summed E-state index contributed by atoms with van der Waals surface area (Å²) in [5.74, 6) is 0. The second kappa shape index (κ2) is 6.01. The maximum atomic E-state index is 13.0. The van der Waals surface area contributed by atoms with Crippen molar-refractivity contribution in [3.05, 3.63) is 34.5 Å². The van der Waals surface area contributed by atoms with Crippen molar-refractivity contribution in [2.75, 3.05) is 13.2 Å². The molecule has 1 saturated heterocycles. The van der Waals surface area contributed by atoms with E-state index in [1.807, 2.05) is 0 Å². The number of nitrogens with zero attached hydrogens (tertiary/aromatic N) is 2. The highest BCUT2D eigenvalue weighted by atomic mass is 32.2. The van der Waals surface area contributed by atoms with E-state index in [9.17, 15) is 8.42 Å². The van der Waals surface area contributed by atoms with Gasteiger partial charge in [0, 0.05) is 24.2 Å². The van der Waals surface area contributed by atoms with E-state index in [-0.39, 0.29) is 6.04 Å². The minimum atomic E-state index is -3.46. The molecule has 0 bridgehead atoms. The van der Waals surface area contributed by atoms with Crippen molar-refractivity contribution >= 4 is 21.4 Å². The first-order valence-corrected chi connectivity index (χ1v) is 10.2. The summed E-state index contributed by atoms with van der Waals surface area (Å²) in [6.45, 7) is 1.76. The average Bonchev–Trinajstić information content (AvgIpc) is 3.25. The Morgan fingerprint density at radius 1 is 1.39 bits per heavy atom. The van der Waals surface area contributed by atoms with Crippen LogP contribution in [0.25, 0.3) is 0 Å². The molecular weight excluding hydrogens is 334 g/mol. The molecule has 1 unspecified atom stereocenters.